The number of nitrogens with zero attached hydrogens (tertiary/aromatic N) is 1. The first-order valence-electron chi connectivity index (χ1n) is 6.66. The maximum absolute atomic E-state index is 11.9. The van der Waals surface area contributed by atoms with E-state index in [1.165, 1.54) is 16.9 Å². The summed E-state index contributed by atoms with van der Waals surface area (Å²) in [6, 6.07) is 1.74. The van der Waals surface area contributed by atoms with E-state index in [1.54, 1.807) is 11.4 Å². The average molecular weight is 303 g/mol. The minimum atomic E-state index is -0.174. The summed E-state index contributed by atoms with van der Waals surface area (Å²) in [6.07, 6.45) is 3.58. The van der Waals surface area contributed by atoms with Gasteiger partial charge in [-0.25, -0.2) is 0 Å². The highest BCUT2D eigenvalue weighted by molar-refractivity contribution is 7.10. The second-order valence-electron chi connectivity index (χ2n) is 4.54. The Morgan fingerprint density at radius 1 is 1.57 bits per heavy atom. The first-order chi connectivity index (χ1) is 10.2. The number of hydrogen-bond acceptors (Lipinski definition) is 4. The summed E-state index contributed by atoms with van der Waals surface area (Å²) in [4.78, 5) is 12.7. The van der Waals surface area contributed by atoms with Gasteiger partial charge in [-0.3, -0.25) is 9.89 Å². The molecule has 3 N–H and O–H groups in total. The molecular formula is C15H17N3O2S. The molecule has 2 heterocycles. The molecular weight excluding hydrogens is 286 g/mol. The van der Waals surface area contributed by atoms with Crippen LogP contribution in [0.2, 0.25) is 0 Å². The van der Waals surface area contributed by atoms with Crippen LogP contribution in [0.5, 0.6) is 0 Å². The van der Waals surface area contributed by atoms with E-state index in [9.17, 15) is 4.79 Å². The summed E-state index contributed by atoms with van der Waals surface area (Å²) in [6.45, 7) is 2.44. The Balaban J connectivity index is 1.77. The third kappa shape index (κ3) is 4.45. The highest BCUT2D eigenvalue weighted by Crippen LogP contribution is 2.13. The molecule has 21 heavy (non-hydrogen) atoms. The van der Waals surface area contributed by atoms with E-state index in [-0.39, 0.29) is 12.5 Å². The van der Waals surface area contributed by atoms with E-state index in [0.29, 0.717) is 12.1 Å². The molecule has 2 rings (SSSR count). The molecule has 0 aliphatic carbocycles. The number of carbonyl (C=O) groups is 1. The van der Waals surface area contributed by atoms with Crippen LogP contribution < -0.4 is 5.32 Å². The van der Waals surface area contributed by atoms with Crippen LogP contribution in [-0.2, 0) is 6.42 Å². The zero-order chi connectivity index (χ0) is 15.1. The van der Waals surface area contributed by atoms with Gasteiger partial charge < -0.3 is 10.4 Å². The van der Waals surface area contributed by atoms with Crippen LogP contribution in [0.25, 0.3) is 0 Å². The molecule has 0 aliphatic rings. The van der Waals surface area contributed by atoms with E-state index >= 15 is 0 Å². The molecule has 6 heteroatoms. The Bertz CT molecular complexity index is 664. The fourth-order valence-corrected chi connectivity index (χ4v) is 2.61. The number of carbonyl (C=O) groups excluding carboxylic acids is 1. The van der Waals surface area contributed by atoms with Gasteiger partial charge in [-0.2, -0.15) is 5.10 Å². The molecule has 0 aromatic carbocycles. The van der Waals surface area contributed by atoms with Crippen molar-refractivity contribution in [3.63, 3.8) is 0 Å². The van der Waals surface area contributed by atoms with Crippen LogP contribution in [0.4, 0.5) is 0 Å². The summed E-state index contributed by atoms with van der Waals surface area (Å²) in [5.41, 5.74) is 2.87. The van der Waals surface area contributed by atoms with Crippen LogP contribution in [0.3, 0.4) is 0 Å². The summed E-state index contributed by atoms with van der Waals surface area (Å²) >= 11 is 1.40. The van der Waals surface area contributed by atoms with Gasteiger partial charge in [0.2, 0.25) is 0 Å². The predicted octanol–water partition coefficient (Wildman–Crippen LogP) is 1.49. The second kappa shape index (κ2) is 7.62. The number of hydrogen-bond donors (Lipinski definition) is 3. The lowest BCUT2D eigenvalue weighted by molar-refractivity contribution is 0.0953. The number of amides is 1. The highest BCUT2D eigenvalue weighted by Gasteiger charge is 2.07. The molecule has 0 atom stereocenters. The quantitative estimate of drug-likeness (QED) is 0.578. The third-order valence-electron chi connectivity index (χ3n) is 3.00. The number of aryl methyl sites for hydroxylation is 2. The number of aromatic nitrogens is 2. The van der Waals surface area contributed by atoms with Gasteiger partial charge in [0.25, 0.3) is 5.91 Å². The predicted molar refractivity (Wildman–Crippen MR) is 82.3 cm³/mol. The molecule has 5 nitrogen and oxygen atoms in total. The molecule has 0 aliphatic heterocycles. The van der Waals surface area contributed by atoms with Gasteiger partial charge in [-0.1, -0.05) is 11.8 Å². The monoisotopic (exact) mass is 303 g/mol. The lowest BCUT2D eigenvalue weighted by Crippen LogP contribution is -2.24. The Morgan fingerprint density at radius 3 is 3.14 bits per heavy atom. The standard InChI is InChI=1S/C15H17N3O2S/c1-11-12(9-17-18-11)4-2-6-16-15(20)13-8-14(21-10-13)5-3-7-19/h8-10,19H,2,4,6-7H2,1H3,(H,16,20)(H,17,18). The van der Waals surface area contributed by atoms with Crippen LogP contribution in [0, 0.1) is 18.8 Å². The van der Waals surface area contributed by atoms with Crippen molar-refractivity contribution in [1.29, 1.82) is 0 Å². The largest absolute Gasteiger partial charge is 0.384 e. The van der Waals surface area contributed by atoms with Crippen molar-refractivity contribution in [1.82, 2.24) is 15.5 Å². The maximum Gasteiger partial charge on any atom is 0.252 e. The first-order valence-corrected chi connectivity index (χ1v) is 7.54. The summed E-state index contributed by atoms with van der Waals surface area (Å²) in [5, 5.41) is 20.2. The minimum absolute atomic E-state index is 0.0905. The molecule has 0 radical (unpaired) electrons. The number of aliphatic hydroxyl groups is 1. The van der Waals surface area contributed by atoms with Gasteiger partial charge in [0.05, 0.1) is 16.6 Å². The zero-order valence-corrected chi connectivity index (χ0v) is 12.6. The zero-order valence-electron chi connectivity index (χ0n) is 11.8. The Morgan fingerprint density at radius 2 is 2.43 bits per heavy atom. The molecule has 0 saturated carbocycles. The molecule has 0 unspecified atom stereocenters. The Kier molecular flexibility index (Phi) is 5.55. The molecule has 0 saturated heterocycles. The average Bonchev–Trinajstić information content (AvgIpc) is 3.10. The summed E-state index contributed by atoms with van der Waals surface area (Å²) in [5.74, 6) is 5.26. The van der Waals surface area contributed by atoms with Crippen molar-refractivity contribution in [3.8, 4) is 11.8 Å². The van der Waals surface area contributed by atoms with Crippen molar-refractivity contribution in [2.45, 2.75) is 19.8 Å². The van der Waals surface area contributed by atoms with Crippen LogP contribution in [0.15, 0.2) is 17.6 Å². The normalized spacial score (nSPS) is 10.0. The lowest BCUT2D eigenvalue weighted by Gasteiger charge is -2.03. The van der Waals surface area contributed by atoms with E-state index in [1.807, 2.05) is 13.1 Å². The fraction of sp³-hybridized carbons (Fsp3) is 0.333. The number of rotatable bonds is 5. The lowest BCUT2D eigenvalue weighted by atomic mass is 10.1. The van der Waals surface area contributed by atoms with Crippen LogP contribution in [-0.4, -0.2) is 34.4 Å². The summed E-state index contributed by atoms with van der Waals surface area (Å²) in [7, 11) is 0. The van der Waals surface area contributed by atoms with E-state index in [4.69, 9.17) is 5.11 Å². The van der Waals surface area contributed by atoms with Crippen molar-refractivity contribution >= 4 is 17.2 Å². The van der Waals surface area contributed by atoms with E-state index in [2.05, 4.69) is 27.4 Å². The van der Waals surface area contributed by atoms with Gasteiger partial charge in [0, 0.05) is 17.6 Å². The minimum Gasteiger partial charge on any atom is -0.384 e. The van der Waals surface area contributed by atoms with Gasteiger partial charge in [0.1, 0.15) is 6.61 Å². The highest BCUT2D eigenvalue weighted by atomic mass is 32.1. The molecule has 1 amide bonds. The van der Waals surface area contributed by atoms with Crippen LogP contribution >= 0.6 is 11.3 Å². The SMILES string of the molecule is Cc1[nH]ncc1CCCNC(=O)c1csc(C#CCO)c1. The smallest absolute Gasteiger partial charge is 0.252 e. The Hall–Kier alpha value is -2.10. The maximum atomic E-state index is 11.9. The molecule has 2 aromatic rings. The van der Waals surface area contributed by atoms with Crippen molar-refractivity contribution in [3.05, 3.63) is 39.3 Å². The summed E-state index contributed by atoms with van der Waals surface area (Å²) < 4.78 is 0. The number of aliphatic hydroxyl groups excluding tert-OH is 1. The third-order valence-corrected chi connectivity index (χ3v) is 3.84. The molecule has 110 valence electrons. The fourth-order valence-electron chi connectivity index (χ4n) is 1.86. The second-order valence-corrected chi connectivity index (χ2v) is 5.45. The molecule has 0 fully saturated rings. The van der Waals surface area contributed by atoms with Gasteiger partial charge in [0.15, 0.2) is 0 Å². The first kappa shape index (κ1) is 15.3. The van der Waals surface area contributed by atoms with E-state index < -0.39 is 0 Å². The van der Waals surface area contributed by atoms with Gasteiger partial charge in [-0.05, 0) is 31.4 Å². The van der Waals surface area contributed by atoms with Gasteiger partial charge in [-0.15, -0.1) is 11.3 Å². The van der Waals surface area contributed by atoms with Crippen molar-refractivity contribution in [2.24, 2.45) is 0 Å². The Labute approximate surface area is 127 Å². The molecule has 0 spiro atoms. The van der Waals surface area contributed by atoms with E-state index in [0.717, 1.165) is 23.4 Å². The van der Waals surface area contributed by atoms with Gasteiger partial charge >= 0.3 is 0 Å². The number of aromatic amines is 1. The molecule has 0 bridgehead atoms. The number of thiophene rings is 1. The number of nitrogens with one attached hydrogen (secondary N) is 2. The van der Waals surface area contributed by atoms with Crippen molar-refractivity contribution < 1.29 is 9.90 Å². The van der Waals surface area contributed by atoms with Crippen molar-refractivity contribution in [2.75, 3.05) is 13.2 Å². The molecule has 2 aromatic heterocycles. The number of H-pyrrole nitrogens is 1. The topological polar surface area (TPSA) is 78.0 Å². The van der Waals surface area contributed by atoms with Crippen LogP contribution in [0.1, 0.15) is 32.9 Å².